The Morgan fingerprint density at radius 2 is 2.21 bits per heavy atom. The lowest BCUT2D eigenvalue weighted by Gasteiger charge is -2.06. The monoisotopic (exact) mass is 263 g/mol. The number of hydrogen-bond donors (Lipinski definition) is 3. The molecule has 102 valence electrons. The number of nitrogens with zero attached hydrogens (tertiary/aromatic N) is 1. The molecule has 1 aromatic rings. The molecule has 0 atom stereocenters. The van der Waals surface area contributed by atoms with Gasteiger partial charge in [0.1, 0.15) is 0 Å². The molecule has 0 aromatic carbocycles. The molecular formula is C13H17N3O3. The van der Waals surface area contributed by atoms with E-state index in [1.54, 1.807) is 0 Å². The Balaban J connectivity index is 1.72. The van der Waals surface area contributed by atoms with Gasteiger partial charge in [0.15, 0.2) is 0 Å². The van der Waals surface area contributed by atoms with Crippen LogP contribution in [0.2, 0.25) is 0 Å². The Morgan fingerprint density at radius 3 is 2.89 bits per heavy atom. The van der Waals surface area contributed by atoms with E-state index in [4.69, 9.17) is 5.11 Å². The van der Waals surface area contributed by atoms with Gasteiger partial charge in [-0.25, -0.2) is 4.79 Å². The Bertz CT molecular complexity index is 472. The fourth-order valence-electron chi connectivity index (χ4n) is 1.66. The Morgan fingerprint density at radius 1 is 1.42 bits per heavy atom. The predicted octanol–water partition coefficient (Wildman–Crippen LogP) is 0.538. The minimum Gasteiger partial charge on any atom is -0.478 e. The molecule has 2 rings (SSSR count). The maximum Gasteiger partial charge on any atom is 0.335 e. The molecule has 0 radical (unpaired) electrons. The summed E-state index contributed by atoms with van der Waals surface area (Å²) in [6.07, 6.45) is 4.26. The number of hydrogen-bond acceptors (Lipinski definition) is 4. The lowest BCUT2D eigenvalue weighted by Crippen LogP contribution is -2.28. The van der Waals surface area contributed by atoms with Crippen LogP contribution in [0, 0.1) is 0 Å². The van der Waals surface area contributed by atoms with E-state index in [9.17, 15) is 9.59 Å². The van der Waals surface area contributed by atoms with Crippen molar-refractivity contribution in [3.05, 3.63) is 29.6 Å². The summed E-state index contributed by atoms with van der Waals surface area (Å²) in [5.41, 5.74) is 0.720. The number of carbonyl (C=O) groups excluding carboxylic acids is 1. The molecule has 1 amide bonds. The third-order valence-corrected chi connectivity index (χ3v) is 2.89. The van der Waals surface area contributed by atoms with E-state index in [-0.39, 0.29) is 18.0 Å². The van der Waals surface area contributed by atoms with E-state index in [0.717, 1.165) is 0 Å². The van der Waals surface area contributed by atoms with Crippen molar-refractivity contribution in [2.45, 2.75) is 31.8 Å². The summed E-state index contributed by atoms with van der Waals surface area (Å²) in [5, 5.41) is 14.8. The molecule has 1 saturated carbocycles. The van der Waals surface area contributed by atoms with Crippen LogP contribution in [-0.2, 0) is 11.3 Å². The Labute approximate surface area is 111 Å². The van der Waals surface area contributed by atoms with E-state index in [1.165, 1.54) is 31.2 Å². The lowest BCUT2D eigenvalue weighted by atomic mass is 10.2. The van der Waals surface area contributed by atoms with Crippen LogP contribution >= 0.6 is 0 Å². The fraction of sp³-hybridized carbons (Fsp3) is 0.462. The minimum atomic E-state index is -0.997. The van der Waals surface area contributed by atoms with Crippen molar-refractivity contribution in [3.63, 3.8) is 0 Å². The van der Waals surface area contributed by atoms with E-state index in [0.29, 0.717) is 24.7 Å². The maximum atomic E-state index is 11.5. The van der Waals surface area contributed by atoms with Crippen LogP contribution in [0.3, 0.4) is 0 Å². The van der Waals surface area contributed by atoms with Gasteiger partial charge in [-0.05, 0) is 25.0 Å². The SMILES string of the molecule is O=C(CCNC1CC1)NCc1cc(C(=O)O)ccn1. The first-order valence-electron chi connectivity index (χ1n) is 6.33. The first-order valence-corrected chi connectivity index (χ1v) is 6.33. The van der Waals surface area contributed by atoms with Gasteiger partial charge < -0.3 is 15.7 Å². The number of carboxylic acids is 1. The van der Waals surface area contributed by atoms with Crippen molar-refractivity contribution < 1.29 is 14.7 Å². The second-order valence-electron chi connectivity index (χ2n) is 4.60. The molecule has 1 aromatic heterocycles. The molecule has 1 heterocycles. The highest BCUT2D eigenvalue weighted by Crippen LogP contribution is 2.18. The maximum absolute atomic E-state index is 11.5. The molecule has 1 aliphatic carbocycles. The van der Waals surface area contributed by atoms with Gasteiger partial charge in [0.05, 0.1) is 17.8 Å². The molecule has 0 unspecified atom stereocenters. The first kappa shape index (κ1) is 13.5. The summed E-state index contributed by atoms with van der Waals surface area (Å²) in [7, 11) is 0. The van der Waals surface area contributed by atoms with Crippen molar-refractivity contribution in [1.29, 1.82) is 0 Å². The number of nitrogens with one attached hydrogen (secondary N) is 2. The van der Waals surface area contributed by atoms with Crippen molar-refractivity contribution in [2.75, 3.05) is 6.54 Å². The van der Waals surface area contributed by atoms with Crippen molar-refractivity contribution in [3.8, 4) is 0 Å². The van der Waals surface area contributed by atoms with Gasteiger partial charge >= 0.3 is 5.97 Å². The van der Waals surface area contributed by atoms with Crippen molar-refractivity contribution in [2.24, 2.45) is 0 Å². The molecule has 6 heteroatoms. The molecule has 1 fully saturated rings. The average Bonchev–Trinajstić information content (AvgIpc) is 3.21. The summed E-state index contributed by atoms with van der Waals surface area (Å²) in [4.78, 5) is 26.3. The highest BCUT2D eigenvalue weighted by molar-refractivity contribution is 5.87. The molecule has 19 heavy (non-hydrogen) atoms. The van der Waals surface area contributed by atoms with E-state index in [2.05, 4.69) is 15.6 Å². The zero-order valence-electron chi connectivity index (χ0n) is 10.6. The third kappa shape index (κ3) is 4.67. The van der Waals surface area contributed by atoms with Crippen molar-refractivity contribution >= 4 is 11.9 Å². The summed E-state index contributed by atoms with van der Waals surface area (Å²) in [6.45, 7) is 0.933. The van der Waals surface area contributed by atoms with Crippen LogP contribution in [0.4, 0.5) is 0 Å². The fourth-order valence-corrected chi connectivity index (χ4v) is 1.66. The van der Waals surface area contributed by atoms with Gasteiger partial charge in [-0.2, -0.15) is 0 Å². The highest BCUT2D eigenvalue weighted by Gasteiger charge is 2.20. The molecule has 0 aliphatic heterocycles. The smallest absolute Gasteiger partial charge is 0.335 e. The van der Waals surface area contributed by atoms with Crippen LogP contribution < -0.4 is 10.6 Å². The summed E-state index contributed by atoms with van der Waals surface area (Å²) in [6, 6.07) is 3.49. The number of pyridine rings is 1. The van der Waals surface area contributed by atoms with Crippen molar-refractivity contribution in [1.82, 2.24) is 15.6 Å². The number of aromatic nitrogens is 1. The lowest BCUT2D eigenvalue weighted by molar-refractivity contribution is -0.121. The topological polar surface area (TPSA) is 91.3 Å². The minimum absolute atomic E-state index is 0.0596. The largest absolute Gasteiger partial charge is 0.478 e. The molecule has 0 saturated heterocycles. The number of amides is 1. The number of carboxylic acid groups (broad SMARTS) is 1. The van der Waals surface area contributed by atoms with E-state index >= 15 is 0 Å². The number of aromatic carboxylic acids is 1. The van der Waals surface area contributed by atoms with Gasteiger partial charge in [-0.1, -0.05) is 0 Å². The third-order valence-electron chi connectivity index (χ3n) is 2.89. The van der Waals surface area contributed by atoms with E-state index < -0.39 is 5.97 Å². The zero-order valence-corrected chi connectivity index (χ0v) is 10.6. The number of rotatable bonds is 7. The molecule has 1 aliphatic rings. The van der Waals surface area contributed by atoms with Crippen LogP contribution in [0.25, 0.3) is 0 Å². The van der Waals surface area contributed by atoms with Gasteiger partial charge in [0, 0.05) is 25.2 Å². The average molecular weight is 263 g/mol. The Hall–Kier alpha value is -1.95. The molecular weight excluding hydrogens is 246 g/mol. The van der Waals surface area contributed by atoms with Crippen LogP contribution in [0.15, 0.2) is 18.3 Å². The number of carbonyl (C=O) groups is 2. The predicted molar refractivity (Wildman–Crippen MR) is 68.7 cm³/mol. The molecule has 3 N–H and O–H groups in total. The van der Waals surface area contributed by atoms with Gasteiger partial charge in [0.2, 0.25) is 5.91 Å². The highest BCUT2D eigenvalue weighted by atomic mass is 16.4. The molecule has 0 bridgehead atoms. The van der Waals surface area contributed by atoms with Crippen LogP contribution in [0.5, 0.6) is 0 Å². The Kier molecular flexibility index (Phi) is 4.46. The summed E-state index contributed by atoms with van der Waals surface area (Å²) in [5.74, 6) is -1.06. The van der Waals surface area contributed by atoms with Gasteiger partial charge in [-0.15, -0.1) is 0 Å². The molecule has 6 nitrogen and oxygen atoms in total. The standard InChI is InChI=1S/C13H17N3O3/c17-12(4-6-14-10-1-2-10)16-8-11-7-9(13(18)19)3-5-15-11/h3,5,7,10,14H,1-2,4,6,8H2,(H,16,17)(H,18,19). The summed E-state index contributed by atoms with van der Waals surface area (Å²) < 4.78 is 0. The second kappa shape index (κ2) is 6.29. The van der Waals surface area contributed by atoms with E-state index in [1.807, 2.05) is 0 Å². The first-order chi connectivity index (χ1) is 9.15. The zero-order chi connectivity index (χ0) is 13.7. The summed E-state index contributed by atoms with van der Waals surface area (Å²) >= 11 is 0. The normalized spacial score (nSPS) is 14.1. The van der Waals surface area contributed by atoms with Gasteiger partial charge in [0.25, 0.3) is 0 Å². The molecule has 0 spiro atoms. The van der Waals surface area contributed by atoms with Gasteiger partial charge in [-0.3, -0.25) is 9.78 Å². The van der Waals surface area contributed by atoms with Crippen LogP contribution in [-0.4, -0.2) is 34.6 Å². The quantitative estimate of drug-likeness (QED) is 0.668. The van der Waals surface area contributed by atoms with Crippen LogP contribution in [0.1, 0.15) is 35.3 Å². The second-order valence-corrected chi connectivity index (χ2v) is 4.60.